The third-order valence-corrected chi connectivity index (χ3v) is 5.01. The first-order valence-corrected chi connectivity index (χ1v) is 10.2. The normalized spacial score (nSPS) is 20.8. The lowest BCUT2D eigenvalue weighted by molar-refractivity contribution is 0.767. The number of thioether (sulfide) groups is 1. The molecule has 2 N–H and O–H groups in total. The van der Waals surface area contributed by atoms with Crippen LogP contribution in [0.3, 0.4) is 0 Å². The number of benzene rings is 1. The van der Waals surface area contributed by atoms with Gasteiger partial charge in [-0.2, -0.15) is 11.8 Å². The van der Waals surface area contributed by atoms with E-state index in [0.29, 0.717) is 12.0 Å². The summed E-state index contributed by atoms with van der Waals surface area (Å²) in [4.78, 5) is 4.69. The van der Waals surface area contributed by atoms with Crippen LogP contribution in [0.4, 0.5) is 0 Å². The zero-order valence-corrected chi connectivity index (χ0v) is 15.8. The molecule has 0 spiro atoms. The zero-order valence-electron chi connectivity index (χ0n) is 13.4. The number of hydrogen-bond donors (Lipinski definition) is 2. The molecule has 22 heavy (non-hydrogen) atoms. The summed E-state index contributed by atoms with van der Waals surface area (Å²) < 4.78 is 1.14. The summed E-state index contributed by atoms with van der Waals surface area (Å²) in [7, 11) is 0. The van der Waals surface area contributed by atoms with Gasteiger partial charge >= 0.3 is 0 Å². The Kier molecular flexibility index (Phi) is 7.60. The van der Waals surface area contributed by atoms with E-state index in [2.05, 4.69) is 69.0 Å². The lowest BCUT2D eigenvalue weighted by Crippen LogP contribution is -2.39. The van der Waals surface area contributed by atoms with Gasteiger partial charge in [0.25, 0.3) is 0 Å². The highest BCUT2D eigenvalue weighted by atomic mass is 79.9. The van der Waals surface area contributed by atoms with E-state index in [4.69, 9.17) is 0 Å². The standard InChI is InChI=1S/C17H26BrN3S/c1-3-19-17(20-10-4-5-11-22-2)21-16-12-15(16)13-6-8-14(18)9-7-13/h6-9,15-16H,3-5,10-12H2,1-2H3,(H2,19,20,21). The van der Waals surface area contributed by atoms with Gasteiger partial charge in [-0.3, -0.25) is 4.99 Å². The lowest BCUT2D eigenvalue weighted by atomic mass is 10.1. The second-order valence-electron chi connectivity index (χ2n) is 5.61. The van der Waals surface area contributed by atoms with Crippen molar-refractivity contribution in [3.63, 3.8) is 0 Å². The molecular weight excluding hydrogens is 358 g/mol. The molecule has 0 radical (unpaired) electrons. The molecule has 122 valence electrons. The summed E-state index contributed by atoms with van der Waals surface area (Å²) in [5, 5.41) is 6.92. The van der Waals surface area contributed by atoms with Crippen molar-refractivity contribution in [2.24, 2.45) is 4.99 Å². The molecule has 0 bridgehead atoms. The Hall–Kier alpha value is -0.680. The summed E-state index contributed by atoms with van der Waals surface area (Å²) in [5.74, 6) is 2.82. The molecular formula is C17H26BrN3S. The van der Waals surface area contributed by atoms with E-state index in [1.807, 2.05) is 11.8 Å². The van der Waals surface area contributed by atoms with Crippen molar-refractivity contribution in [2.75, 3.05) is 25.1 Å². The maximum atomic E-state index is 4.69. The summed E-state index contributed by atoms with van der Waals surface area (Å²) in [6.07, 6.45) is 5.76. The number of rotatable bonds is 8. The lowest BCUT2D eigenvalue weighted by Gasteiger charge is -2.11. The van der Waals surface area contributed by atoms with Gasteiger partial charge in [-0.1, -0.05) is 28.1 Å². The third-order valence-electron chi connectivity index (χ3n) is 3.78. The summed E-state index contributed by atoms with van der Waals surface area (Å²) >= 11 is 5.40. The van der Waals surface area contributed by atoms with Crippen LogP contribution < -0.4 is 10.6 Å². The van der Waals surface area contributed by atoms with Crippen LogP contribution in [0, 0.1) is 0 Å². The summed E-state index contributed by atoms with van der Waals surface area (Å²) in [6.45, 7) is 3.93. The molecule has 0 aromatic heterocycles. The Morgan fingerprint density at radius 3 is 2.77 bits per heavy atom. The molecule has 0 aliphatic heterocycles. The zero-order chi connectivity index (χ0) is 15.8. The molecule has 1 aromatic rings. The quantitative estimate of drug-likeness (QED) is 0.404. The molecule has 2 atom stereocenters. The monoisotopic (exact) mass is 383 g/mol. The molecule has 1 aliphatic carbocycles. The highest BCUT2D eigenvalue weighted by molar-refractivity contribution is 9.10. The molecule has 1 aliphatic rings. The van der Waals surface area contributed by atoms with Crippen LogP contribution in [-0.4, -0.2) is 37.1 Å². The van der Waals surface area contributed by atoms with E-state index >= 15 is 0 Å². The maximum absolute atomic E-state index is 4.69. The van der Waals surface area contributed by atoms with Crippen molar-refractivity contribution in [2.45, 2.75) is 38.1 Å². The van der Waals surface area contributed by atoms with Crippen molar-refractivity contribution in [3.8, 4) is 0 Å². The van der Waals surface area contributed by atoms with Crippen LogP contribution in [0.2, 0.25) is 0 Å². The van der Waals surface area contributed by atoms with Gasteiger partial charge in [0.2, 0.25) is 0 Å². The van der Waals surface area contributed by atoms with E-state index in [-0.39, 0.29) is 0 Å². The average Bonchev–Trinajstić information content (AvgIpc) is 3.27. The second-order valence-corrected chi connectivity index (χ2v) is 7.51. The van der Waals surface area contributed by atoms with Crippen LogP contribution in [0.15, 0.2) is 33.7 Å². The molecule has 2 unspecified atom stereocenters. The smallest absolute Gasteiger partial charge is 0.191 e. The fraction of sp³-hybridized carbons (Fsp3) is 0.588. The number of hydrogen-bond acceptors (Lipinski definition) is 2. The molecule has 5 heteroatoms. The van der Waals surface area contributed by atoms with E-state index < -0.39 is 0 Å². The second kappa shape index (κ2) is 9.46. The topological polar surface area (TPSA) is 36.4 Å². The molecule has 3 nitrogen and oxygen atoms in total. The summed E-state index contributed by atoms with van der Waals surface area (Å²) in [6, 6.07) is 9.18. The highest BCUT2D eigenvalue weighted by Crippen LogP contribution is 2.40. The van der Waals surface area contributed by atoms with Gasteiger partial charge < -0.3 is 10.6 Å². The maximum Gasteiger partial charge on any atom is 0.191 e. The van der Waals surface area contributed by atoms with Crippen molar-refractivity contribution in [3.05, 3.63) is 34.3 Å². The van der Waals surface area contributed by atoms with Crippen molar-refractivity contribution >= 4 is 33.7 Å². The minimum Gasteiger partial charge on any atom is -0.357 e. The predicted octanol–water partition coefficient (Wildman–Crippen LogP) is 4.00. The predicted molar refractivity (Wildman–Crippen MR) is 102 cm³/mol. The minimum absolute atomic E-state index is 0.519. The fourth-order valence-electron chi connectivity index (χ4n) is 2.48. The number of unbranched alkanes of at least 4 members (excludes halogenated alkanes) is 1. The first kappa shape index (κ1) is 17.7. The van der Waals surface area contributed by atoms with Crippen LogP contribution >= 0.6 is 27.7 Å². The molecule has 0 heterocycles. The highest BCUT2D eigenvalue weighted by Gasteiger charge is 2.38. The largest absolute Gasteiger partial charge is 0.357 e. The molecule has 1 fully saturated rings. The van der Waals surface area contributed by atoms with Gasteiger partial charge in [-0.15, -0.1) is 0 Å². The van der Waals surface area contributed by atoms with Gasteiger partial charge in [0.15, 0.2) is 5.96 Å². The number of aliphatic imine (C=N–C) groups is 1. The van der Waals surface area contributed by atoms with E-state index in [1.54, 1.807) is 0 Å². The Labute approximate surface area is 146 Å². The first-order valence-electron chi connectivity index (χ1n) is 8.03. The first-order chi connectivity index (χ1) is 10.7. The van der Waals surface area contributed by atoms with Crippen LogP contribution in [0.5, 0.6) is 0 Å². The van der Waals surface area contributed by atoms with E-state index in [0.717, 1.165) is 29.9 Å². The van der Waals surface area contributed by atoms with Crippen molar-refractivity contribution < 1.29 is 0 Å². The molecule has 0 saturated heterocycles. The van der Waals surface area contributed by atoms with E-state index in [9.17, 15) is 0 Å². The average molecular weight is 384 g/mol. The van der Waals surface area contributed by atoms with Crippen molar-refractivity contribution in [1.82, 2.24) is 10.6 Å². The van der Waals surface area contributed by atoms with Gasteiger partial charge in [0.05, 0.1) is 0 Å². The van der Waals surface area contributed by atoms with Crippen LogP contribution in [0.25, 0.3) is 0 Å². The number of nitrogens with one attached hydrogen (secondary N) is 2. The van der Waals surface area contributed by atoms with Crippen molar-refractivity contribution in [1.29, 1.82) is 0 Å². The molecule has 1 aromatic carbocycles. The fourth-order valence-corrected chi connectivity index (χ4v) is 3.23. The van der Waals surface area contributed by atoms with E-state index in [1.165, 1.54) is 24.2 Å². The SMILES string of the molecule is CCNC(=NCCCCSC)NC1CC1c1ccc(Br)cc1. The Morgan fingerprint density at radius 2 is 2.09 bits per heavy atom. The molecule has 1 saturated carbocycles. The van der Waals surface area contributed by atoms with Crippen LogP contribution in [-0.2, 0) is 0 Å². The van der Waals surface area contributed by atoms with Gasteiger partial charge in [0.1, 0.15) is 0 Å². The molecule has 2 rings (SSSR count). The Bertz CT molecular complexity index is 475. The minimum atomic E-state index is 0.519. The van der Waals surface area contributed by atoms with Gasteiger partial charge in [0, 0.05) is 29.5 Å². The van der Waals surface area contributed by atoms with Gasteiger partial charge in [-0.25, -0.2) is 0 Å². The number of guanidine groups is 1. The third kappa shape index (κ3) is 5.84. The molecule has 0 amide bonds. The number of halogens is 1. The Balaban J connectivity index is 1.79. The number of nitrogens with zero attached hydrogens (tertiary/aromatic N) is 1. The van der Waals surface area contributed by atoms with Crippen LogP contribution in [0.1, 0.15) is 37.7 Å². The Morgan fingerprint density at radius 1 is 1.32 bits per heavy atom. The summed E-state index contributed by atoms with van der Waals surface area (Å²) in [5.41, 5.74) is 1.41. The van der Waals surface area contributed by atoms with Gasteiger partial charge in [-0.05, 0) is 55.9 Å².